The molecule has 0 aliphatic heterocycles. The molecule has 0 aliphatic rings. The summed E-state index contributed by atoms with van der Waals surface area (Å²) in [5.41, 5.74) is 2.31. The molecule has 8 nitrogen and oxygen atoms in total. The van der Waals surface area contributed by atoms with E-state index in [-0.39, 0.29) is 24.6 Å². The van der Waals surface area contributed by atoms with Gasteiger partial charge in [-0.15, -0.1) is 0 Å². The van der Waals surface area contributed by atoms with Crippen LogP contribution in [0.3, 0.4) is 0 Å². The standard InChI is InChI=1S/C8H16N6O2/c1-3-16-8-12-6(10-5(2)4-15)11-7(13-8)14-9/h5,15H,3-4,9H2,1-2H3,(H2,10,11,12,13,14). The lowest BCUT2D eigenvalue weighted by molar-refractivity contribution is 0.280. The van der Waals surface area contributed by atoms with Crippen LogP contribution in [-0.4, -0.2) is 39.3 Å². The van der Waals surface area contributed by atoms with Gasteiger partial charge in [0.15, 0.2) is 0 Å². The van der Waals surface area contributed by atoms with E-state index in [1.807, 2.05) is 6.92 Å². The molecule has 0 aromatic carbocycles. The first kappa shape index (κ1) is 12.4. The normalized spacial score (nSPS) is 12.0. The molecule has 0 bridgehead atoms. The summed E-state index contributed by atoms with van der Waals surface area (Å²) < 4.78 is 5.14. The van der Waals surface area contributed by atoms with E-state index in [1.165, 1.54) is 0 Å². The molecule has 1 heterocycles. The Bertz CT molecular complexity index is 334. The SMILES string of the molecule is CCOc1nc(NN)nc(NC(C)CO)n1. The van der Waals surface area contributed by atoms with Gasteiger partial charge < -0.3 is 15.2 Å². The van der Waals surface area contributed by atoms with Gasteiger partial charge in [0.1, 0.15) is 0 Å². The molecule has 0 spiro atoms. The van der Waals surface area contributed by atoms with Crippen molar-refractivity contribution >= 4 is 11.9 Å². The lowest BCUT2D eigenvalue weighted by Crippen LogP contribution is -2.22. The third-order valence-corrected chi connectivity index (χ3v) is 1.67. The topological polar surface area (TPSA) is 118 Å². The minimum atomic E-state index is -0.164. The number of aromatic nitrogens is 3. The molecule has 1 rings (SSSR count). The smallest absolute Gasteiger partial charge is 0.323 e. The third kappa shape index (κ3) is 3.48. The zero-order valence-electron chi connectivity index (χ0n) is 9.27. The highest BCUT2D eigenvalue weighted by Gasteiger charge is 2.08. The third-order valence-electron chi connectivity index (χ3n) is 1.67. The van der Waals surface area contributed by atoms with Crippen molar-refractivity contribution in [2.45, 2.75) is 19.9 Å². The number of hydrogen-bond donors (Lipinski definition) is 4. The number of nitrogen functional groups attached to an aromatic ring is 1. The number of nitrogens with two attached hydrogens (primary N) is 1. The van der Waals surface area contributed by atoms with Gasteiger partial charge in [-0.3, -0.25) is 5.43 Å². The molecule has 0 radical (unpaired) electrons. The number of hydrazine groups is 1. The number of nitrogens with zero attached hydrogens (tertiary/aromatic N) is 3. The molecule has 0 saturated heterocycles. The second-order valence-corrected chi connectivity index (χ2v) is 3.07. The Balaban J connectivity index is 2.85. The first-order valence-corrected chi connectivity index (χ1v) is 4.92. The van der Waals surface area contributed by atoms with Crippen molar-refractivity contribution in [3.63, 3.8) is 0 Å². The summed E-state index contributed by atoms with van der Waals surface area (Å²) in [6, 6.07) is 0.0144. The molecular formula is C8H16N6O2. The Labute approximate surface area is 93.2 Å². The van der Waals surface area contributed by atoms with Gasteiger partial charge in [0.05, 0.1) is 13.2 Å². The van der Waals surface area contributed by atoms with Crippen LogP contribution in [0.1, 0.15) is 13.8 Å². The Morgan fingerprint density at radius 2 is 2.06 bits per heavy atom. The van der Waals surface area contributed by atoms with Crippen molar-refractivity contribution in [1.82, 2.24) is 15.0 Å². The predicted octanol–water partition coefficient (Wildman–Crippen LogP) is -0.651. The molecule has 0 amide bonds. The highest BCUT2D eigenvalue weighted by molar-refractivity contribution is 5.35. The molecule has 8 heteroatoms. The fraction of sp³-hybridized carbons (Fsp3) is 0.625. The van der Waals surface area contributed by atoms with Crippen LogP contribution in [0.25, 0.3) is 0 Å². The minimum Gasteiger partial charge on any atom is -0.464 e. The summed E-state index contributed by atoms with van der Waals surface area (Å²) >= 11 is 0. The van der Waals surface area contributed by atoms with Crippen LogP contribution in [-0.2, 0) is 0 Å². The van der Waals surface area contributed by atoms with E-state index >= 15 is 0 Å². The summed E-state index contributed by atoms with van der Waals surface area (Å²) in [5.74, 6) is 5.71. The first-order valence-electron chi connectivity index (χ1n) is 4.92. The van der Waals surface area contributed by atoms with Crippen LogP contribution < -0.4 is 21.3 Å². The van der Waals surface area contributed by atoms with E-state index in [0.29, 0.717) is 12.6 Å². The molecule has 16 heavy (non-hydrogen) atoms. The second kappa shape index (κ2) is 6.03. The maximum Gasteiger partial charge on any atom is 0.323 e. The highest BCUT2D eigenvalue weighted by Crippen LogP contribution is 2.10. The molecule has 0 saturated carbocycles. The predicted molar refractivity (Wildman–Crippen MR) is 59.0 cm³/mol. The quantitative estimate of drug-likeness (QED) is 0.374. The minimum absolute atomic E-state index is 0.0267. The zero-order valence-corrected chi connectivity index (χ0v) is 9.27. The van der Waals surface area contributed by atoms with E-state index in [0.717, 1.165) is 0 Å². The largest absolute Gasteiger partial charge is 0.464 e. The average molecular weight is 228 g/mol. The van der Waals surface area contributed by atoms with E-state index in [2.05, 4.69) is 25.7 Å². The van der Waals surface area contributed by atoms with Gasteiger partial charge >= 0.3 is 6.01 Å². The van der Waals surface area contributed by atoms with E-state index < -0.39 is 0 Å². The number of aliphatic hydroxyl groups is 1. The second-order valence-electron chi connectivity index (χ2n) is 3.07. The van der Waals surface area contributed by atoms with Gasteiger partial charge in [-0.1, -0.05) is 0 Å². The van der Waals surface area contributed by atoms with Gasteiger partial charge in [0, 0.05) is 6.04 Å². The lowest BCUT2D eigenvalue weighted by atomic mass is 10.4. The number of rotatable bonds is 6. The summed E-state index contributed by atoms with van der Waals surface area (Å²) in [5, 5.41) is 11.8. The zero-order chi connectivity index (χ0) is 12.0. The number of nitrogens with one attached hydrogen (secondary N) is 2. The highest BCUT2D eigenvalue weighted by atomic mass is 16.5. The fourth-order valence-corrected chi connectivity index (χ4v) is 0.945. The average Bonchev–Trinajstić information content (AvgIpc) is 2.29. The van der Waals surface area contributed by atoms with E-state index in [9.17, 15) is 0 Å². The van der Waals surface area contributed by atoms with Crippen molar-refractivity contribution in [2.24, 2.45) is 5.84 Å². The van der Waals surface area contributed by atoms with Crippen molar-refractivity contribution in [2.75, 3.05) is 24.0 Å². The lowest BCUT2D eigenvalue weighted by Gasteiger charge is -2.12. The molecule has 1 aromatic heterocycles. The molecule has 1 atom stereocenters. The number of hydrogen-bond acceptors (Lipinski definition) is 8. The molecule has 90 valence electrons. The monoisotopic (exact) mass is 228 g/mol. The van der Waals surface area contributed by atoms with Crippen molar-refractivity contribution in [1.29, 1.82) is 0 Å². The van der Waals surface area contributed by atoms with Gasteiger partial charge in [0.25, 0.3) is 0 Å². The number of aliphatic hydroxyl groups excluding tert-OH is 1. The summed E-state index contributed by atoms with van der Waals surface area (Å²) in [4.78, 5) is 11.9. The molecule has 5 N–H and O–H groups in total. The molecule has 0 fully saturated rings. The van der Waals surface area contributed by atoms with Crippen LogP contribution in [0, 0.1) is 0 Å². The number of anilines is 2. The van der Waals surface area contributed by atoms with Gasteiger partial charge in [-0.2, -0.15) is 15.0 Å². The Morgan fingerprint density at radius 1 is 1.38 bits per heavy atom. The molecule has 0 aliphatic carbocycles. The van der Waals surface area contributed by atoms with Crippen LogP contribution in [0.5, 0.6) is 6.01 Å². The molecular weight excluding hydrogens is 212 g/mol. The van der Waals surface area contributed by atoms with Crippen LogP contribution >= 0.6 is 0 Å². The van der Waals surface area contributed by atoms with Gasteiger partial charge in [0.2, 0.25) is 11.9 Å². The molecule has 1 aromatic rings. The van der Waals surface area contributed by atoms with Crippen LogP contribution in [0.4, 0.5) is 11.9 Å². The Kier molecular flexibility index (Phi) is 4.67. The van der Waals surface area contributed by atoms with Gasteiger partial charge in [-0.25, -0.2) is 5.84 Å². The first-order chi connectivity index (χ1) is 7.69. The fourth-order valence-electron chi connectivity index (χ4n) is 0.945. The van der Waals surface area contributed by atoms with Crippen molar-refractivity contribution in [3.8, 4) is 6.01 Å². The maximum atomic E-state index is 8.89. The van der Waals surface area contributed by atoms with E-state index in [4.69, 9.17) is 15.7 Å². The van der Waals surface area contributed by atoms with Crippen molar-refractivity contribution in [3.05, 3.63) is 0 Å². The van der Waals surface area contributed by atoms with Crippen molar-refractivity contribution < 1.29 is 9.84 Å². The summed E-state index contributed by atoms with van der Waals surface area (Å²) in [6.07, 6.45) is 0. The van der Waals surface area contributed by atoms with E-state index in [1.54, 1.807) is 6.92 Å². The van der Waals surface area contributed by atoms with Crippen LogP contribution in [0.2, 0.25) is 0 Å². The Hall–Kier alpha value is -1.67. The Morgan fingerprint density at radius 3 is 2.62 bits per heavy atom. The summed E-state index contributed by atoms with van der Waals surface area (Å²) in [6.45, 7) is 4.03. The maximum absolute atomic E-state index is 8.89. The molecule has 1 unspecified atom stereocenters. The van der Waals surface area contributed by atoms with Gasteiger partial charge in [-0.05, 0) is 13.8 Å². The number of ether oxygens (including phenoxy) is 1. The van der Waals surface area contributed by atoms with Crippen LogP contribution in [0.15, 0.2) is 0 Å². The summed E-state index contributed by atoms with van der Waals surface area (Å²) in [7, 11) is 0.